The van der Waals surface area contributed by atoms with Crippen molar-refractivity contribution in [3.8, 4) is 5.75 Å². The number of nitrogens with zero attached hydrogens (tertiary/aromatic N) is 1. The zero-order valence-electron chi connectivity index (χ0n) is 13.5. The number of hydrogen-bond donors (Lipinski definition) is 1. The summed E-state index contributed by atoms with van der Waals surface area (Å²) >= 11 is 0. The number of fused-ring (bicyclic) bond motifs is 1. The van der Waals surface area contributed by atoms with Crippen molar-refractivity contribution < 1.29 is 4.74 Å². The summed E-state index contributed by atoms with van der Waals surface area (Å²) in [5.74, 6) is 0.938. The van der Waals surface area contributed by atoms with Gasteiger partial charge in [-0.15, -0.1) is 0 Å². The second-order valence-electron chi connectivity index (χ2n) is 6.05. The minimum atomic E-state index is 0.236. The van der Waals surface area contributed by atoms with E-state index in [1.54, 1.807) is 0 Å². The molecule has 0 radical (unpaired) electrons. The standard InChI is InChI=1S/C21H20N2O/c1-2-4-16(5-3-1)15-24-19-6-7-20-18(14-19)10-13-23-21(20)17-8-11-22-12-9-17/h1-9,11-12,14,21,23H,10,13,15H2. The van der Waals surface area contributed by atoms with Gasteiger partial charge in [-0.25, -0.2) is 0 Å². The Kier molecular flexibility index (Phi) is 4.26. The summed E-state index contributed by atoms with van der Waals surface area (Å²) in [6.07, 6.45) is 4.73. The molecular weight excluding hydrogens is 296 g/mol. The smallest absolute Gasteiger partial charge is 0.120 e. The third kappa shape index (κ3) is 3.17. The lowest BCUT2D eigenvalue weighted by Crippen LogP contribution is -2.30. The van der Waals surface area contributed by atoms with E-state index < -0.39 is 0 Å². The Morgan fingerprint density at radius 2 is 1.83 bits per heavy atom. The van der Waals surface area contributed by atoms with E-state index in [4.69, 9.17) is 4.74 Å². The first kappa shape index (κ1) is 14.9. The minimum absolute atomic E-state index is 0.236. The highest BCUT2D eigenvalue weighted by atomic mass is 16.5. The third-order valence-electron chi connectivity index (χ3n) is 4.46. The lowest BCUT2D eigenvalue weighted by atomic mass is 9.90. The van der Waals surface area contributed by atoms with Gasteiger partial charge in [0.25, 0.3) is 0 Å². The second kappa shape index (κ2) is 6.85. The van der Waals surface area contributed by atoms with Gasteiger partial charge >= 0.3 is 0 Å². The first-order chi connectivity index (χ1) is 11.9. The fourth-order valence-electron chi connectivity index (χ4n) is 3.23. The van der Waals surface area contributed by atoms with E-state index in [0.29, 0.717) is 6.61 Å². The van der Waals surface area contributed by atoms with Crippen LogP contribution in [0.4, 0.5) is 0 Å². The van der Waals surface area contributed by atoms with Crippen molar-refractivity contribution in [3.05, 3.63) is 95.3 Å². The summed E-state index contributed by atoms with van der Waals surface area (Å²) in [7, 11) is 0. The number of nitrogens with one attached hydrogen (secondary N) is 1. The maximum Gasteiger partial charge on any atom is 0.120 e. The second-order valence-corrected chi connectivity index (χ2v) is 6.05. The maximum atomic E-state index is 5.97. The van der Waals surface area contributed by atoms with E-state index in [0.717, 1.165) is 18.7 Å². The van der Waals surface area contributed by atoms with Crippen molar-refractivity contribution in [2.24, 2.45) is 0 Å². The molecule has 0 bridgehead atoms. The van der Waals surface area contributed by atoms with Gasteiger partial charge < -0.3 is 10.1 Å². The van der Waals surface area contributed by atoms with Gasteiger partial charge in [-0.05, 0) is 52.9 Å². The topological polar surface area (TPSA) is 34.1 Å². The molecule has 4 rings (SSSR count). The summed E-state index contributed by atoms with van der Waals surface area (Å²) in [5, 5.41) is 3.60. The van der Waals surface area contributed by atoms with Gasteiger partial charge in [0, 0.05) is 18.9 Å². The molecule has 3 nitrogen and oxygen atoms in total. The molecule has 3 heteroatoms. The van der Waals surface area contributed by atoms with Crippen LogP contribution in [0.15, 0.2) is 73.1 Å². The highest BCUT2D eigenvalue weighted by Gasteiger charge is 2.21. The van der Waals surface area contributed by atoms with Crippen LogP contribution in [0, 0.1) is 0 Å². The molecule has 2 heterocycles. The number of hydrogen-bond acceptors (Lipinski definition) is 3. The van der Waals surface area contributed by atoms with Gasteiger partial charge in [0.15, 0.2) is 0 Å². The van der Waals surface area contributed by atoms with E-state index in [1.165, 1.54) is 22.3 Å². The van der Waals surface area contributed by atoms with Crippen LogP contribution < -0.4 is 10.1 Å². The number of ether oxygens (including phenoxy) is 1. The van der Waals surface area contributed by atoms with Crippen molar-refractivity contribution in [1.29, 1.82) is 0 Å². The van der Waals surface area contributed by atoms with Crippen LogP contribution in [0.3, 0.4) is 0 Å². The van der Waals surface area contributed by atoms with Crippen molar-refractivity contribution in [3.63, 3.8) is 0 Å². The zero-order valence-corrected chi connectivity index (χ0v) is 13.5. The molecule has 0 saturated carbocycles. The Bertz CT molecular complexity index is 803. The van der Waals surface area contributed by atoms with E-state index in [1.807, 2.05) is 30.6 Å². The van der Waals surface area contributed by atoms with Crippen molar-refractivity contribution in [1.82, 2.24) is 10.3 Å². The molecule has 1 atom stereocenters. The molecule has 2 aromatic carbocycles. The monoisotopic (exact) mass is 316 g/mol. The number of rotatable bonds is 4. The number of aromatic nitrogens is 1. The van der Waals surface area contributed by atoms with Gasteiger partial charge in [0.05, 0.1) is 6.04 Å². The highest BCUT2D eigenvalue weighted by molar-refractivity contribution is 5.43. The summed E-state index contributed by atoms with van der Waals surface area (Å²) in [4.78, 5) is 4.12. The average molecular weight is 316 g/mol. The number of benzene rings is 2. The summed E-state index contributed by atoms with van der Waals surface area (Å²) in [5.41, 5.74) is 5.14. The SMILES string of the molecule is c1ccc(COc2ccc3c(c2)CCNC3c2ccncc2)cc1. The molecule has 1 aliphatic heterocycles. The van der Waals surface area contributed by atoms with Crippen LogP contribution >= 0.6 is 0 Å². The molecule has 0 saturated heterocycles. The van der Waals surface area contributed by atoms with E-state index in [2.05, 4.69) is 52.8 Å². The average Bonchev–Trinajstić information content (AvgIpc) is 2.67. The first-order valence-electron chi connectivity index (χ1n) is 8.33. The Morgan fingerprint density at radius 3 is 2.67 bits per heavy atom. The van der Waals surface area contributed by atoms with Crippen molar-refractivity contribution >= 4 is 0 Å². The molecule has 120 valence electrons. The van der Waals surface area contributed by atoms with E-state index in [9.17, 15) is 0 Å². The van der Waals surface area contributed by atoms with Crippen LogP contribution in [0.1, 0.15) is 28.3 Å². The molecule has 24 heavy (non-hydrogen) atoms. The van der Waals surface area contributed by atoms with E-state index in [-0.39, 0.29) is 6.04 Å². The molecule has 0 amide bonds. The van der Waals surface area contributed by atoms with Crippen LogP contribution in [0.2, 0.25) is 0 Å². The quantitative estimate of drug-likeness (QED) is 0.793. The molecule has 1 unspecified atom stereocenters. The van der Waals surface area contributed by atoms with Crippen molar-refractivity contribution in [2.45, 2.75) is 19.1 Å². The molecule has 0 fully saturated rings. The normalized spacial score (nSPS) is 16.4. The Balaban J connectivity index is 1.54. The lowest BCUT2D eigenvalue weighted by molar-refractivity contribution is 0.305. The van der Waals surface area contributed by atoms with Gasteiger partial charge in [0.2, 0.25) is 0 Å². The molecule has 1 aromatic heterocycles. The molecular formula is C21H20N2O. The minimum Gasteiger partial charge on any atom is -0.489 e. The van der Waals surface area contributed by atoms with Gasteiger partial charge in [-0.3, -0.25) is 4.98 Å². The van der Waals surface area contributed by atoms with E-state index >= 15 is 0 Å². The summed E-state index contributed by atoms with van der Waals surface area (Å²) < 4.78 is 5.97. The largest absolute Gasteiger partial charge is 0.489 e. The first-order valence-corrected chi connectivity index (χ1v) is 8.33. The third-order valence-corrected chi connectivity index (χ3v) is 4.46. The van der Waals surface area contributed by atoms with Crippen LogP contribution in [0.25, 0.3) is 0 Å². The predicted molar refractivity (Wildman–Crippen MR) is 95.0 cm³/mol. The summed E-state index contributed by atoms with van der Waals surface area (Å²) in [6.45, 7) is 1.58. The lowest BCUT2D eigenvalue weighted by Gasteiger charge is -2.27. The molecule has 0 spiro atoms. The summed E-state index contributed by atoms with van der Waals surface area (Å²) in [6, 6.07) is 21.1. The Hall–Kier alpha value is -2.65. The van der Waals surface area contributed by atoms with Gasteiger partial charge in [-0.1, -0.05) is 36.4 Å². The molecule has 1 N–H and O–H groups in total. The highest BCUT2D eigenvalue weighted by Crippen LogP contribution is 2.31. The molecule has 1 aliphatic rings. The fourth-order valence-corrected chi connectivity index (χ4v) is 3.23. The molecule has 0 aliphatic carbocycles. The van der Waals surface area contributed by atoms with Gasteiger partial charge in [0.1, 0.15) is 12.4 Å². The zero-order chi connectivity index (χ0) is 16.2. The van der Waals surface area contributed by atoms with Gasteiger partial charge in [-0.2, -0.15) is 0 Å². The predicted octanol–water partition coefficient (Wildman–Crippen LogP) is 3.90. The van der Waals surface area contributed by atoms with Crippen molar-refractivity contribution in [2.75, 3.05) is 6.54 Å². The fraction of sp³-hybridized carbons (Fsp3) is 0.190. The Morgan fingerprint density at radius 1 is 1.00 bits per heavy atom. The number of pyridine rings is 1. The van der Waals surface area contributed by atoms with Crippen LogP contribution in [-0.2, 0) is 13.0 Å². The maximum absolute atomic E-state index is 5.97. The van der Waals surface area contributed by atoms with Crippen LogP contribution in [-0.4, -0.2) is 11.5 Å². The van der Waals surface area contributed by atoms with Crippen LogP contribution in [0.5, 0.6) is 5.75 Å². The molecule has 3 aromatic rings. The Labute approximate surface area is 142 Å².